The van der Waals surface area contributed by atoms with Crippen LogP contribution in [0, 0.1) is 0 Å². The van der Waals surface area contributed by atoms with Gasteiger partial charge in [0.25, 0.3) is 0 Å². The van der Waals surface area contributed by atoms with Crippen LogP contribution in [0.1, 0.15) is 25.8 Å². The molecule has 0 radical (unpaired) electrons. The zero-order valence-electron chi connectivity index (χ0n) is 10.3. The highest BCUT2D eigenvalue weighted by Gasteiger charge is 2.25. The molecule has 0 aliphatic carbocycles. The lowest BCUT2D eigenvalue weighted by Crippen LogP contribution is -2.47. The Labute approximate surface area is 102 Å². The van der Waals surface area contributed by atoms with E-state index < -0.39 is 0 Å². The van der Waals surface area contributed by atoms with Crippen LogP contribution >= 0.6 is 0 Å². The van der Waals surface area contributed by atoms with Crippen molar-refractivity contribution in [3.05, 3.63) is 47.7 Å². The van der Waals surface area contributed by atoms with Gasteiger partial charge in [-0.25, -0.2) is 0 Å². The molecule has 0 aromatic heterocycles. The fourth-order valence-electron chi connectivity index (χ4n) is 2.02. The highest BCUT2D eigenvalue weighted by Crippen LogP contribution is 2.18. The van der Waals surface area contributed by atoms with Crippen LogP contribution in [0.2, 0.25) is 0 Å². The van der Waals surface area contributed by atoms with Gasteiger partial charge in [-0.1, -0.05) is 30.3 Å². The number of carbonyl (C=O) groups is 1. The molecule has 0 unspecified atom stereocenters. The Morgan fingerprint density at radius 2 is 2.00 bits per heavy atom. The van der Waals surface area contributed by atoms with Crippen LogP contribution in [-0.4, -0.2) is 11.4 Å². The number of hydrogen-bond donors (Lipinski definition) is 2. The summed E-state index contributed by atoms with van der Waals surface area (Å²) >= 11 is 0. The van der Waals surface area contributed by atoms with E-state index in [1.165, 1.54) is 5.56 Å². The number of amides is 1. The van der Waals surface area contributed by atoms with Crippen molar-refractivity contribution in [2.45, 2.75) is 32.4 Å². The fraction of sp³-hybridized carbons (Fsp3) is 0.357. The van der Waals surface area contributed by atoms with Crippen LogP contribution in [0.5, 0.6) is 0 Å². The minimum Gasteiger partial charge on any atom is -0.384 e. The Kier molecular flexibility index (Phi) is 3.18. The van der Waals surface area contributed by atoms with Crippen molar-refractivity contribution >= 4 is 5.91 Å². The summed E-state index contributed by atoms with van der Waals surface area (Å²) in [6.07, 6.45) is 2.49. The molecule has 0 saturated carbocycles. The summed E-state index contributed by atoms with van der Waals surface area (Å²) in [6.45, 7) is 4.82. The maximum absolute atomic E-state index is 11.5. The Morgan fingerprint density at radius 3 is 2.65 bits per heavy atom. The number of rotatable bonds is 3. The molecular formula is C14H18N2O. The van der Waals surface area contributed by atoms with Crippen molar-refractivity contribution in [2.75, 3.05) is 0 Å². The van der Waals surface area contributed by atoms with Crippen molar-refractivity contribution in [3.63, 3.8) is 0 Å². The predicted octanol–water partition coefficient (Wildman–Crippen LogP) is 1.96. The monoisotopic (exact) mass is 230 g/mol. The summed E-state index contributed by atoms with van der Waals surface area (Å²) in [7, 11) is 0. The first-order valence-corrected chi connectivity index (χ1v) is 5.86. The first-order valence-electron chi connectivity index (χ1n) is 5.86. The first kappa shape index (κ1) is 11.7. The van der Waals surface area contributed by atoms with E-state index in [2.05, 4.69) is 22.8 Å². The van der Waals surface area contributed by atoms with Crippen LogP contribution < -0.4 is 10.6 Å². The third-order valence-electron chi connectivity index (χ3n) is 2.76. The molecule has 0 spiro atoms. The molecule has 3 heteroatoms. The summed E-state index contributed by atoms with van der Waals surface area (Å²) in [5, 5.41) is 6.25. The zero-order valence-corrected chi connectivity index (χ0v) is 10.3. The molecule has 1 aromatic carbocycles. The Morgan fingerprint density at radius 1 is 1.29 bits per heavy atom. The summed E-state index contributed by atoms with van der Waals surface area (Å²) < 4.78 is 0. The molecule has 90 valence electrons. The predicted molar refractivity (Wildman–Crippen MR) is 68.2 cm³/mol. The number of nitrogens with one attached hydrogen (secondary N) is 2. The van der Waals surface area contributed by atoms with Crippen molar-refractivity contribution in [2.24, 2.45) is 0 Å². The summed E-state index contributed by atoms with van der Waals surface area (Å²) in [5.41, 5.74) is 2.06. The molecule has 0 saturated heterocycles. The van der Waals surface area contributed by atoms with Crippen LogP contribution in [-0.2, 0) is 11.3 Å². The second-order valence-electron chi connectivity index (χ2n) is 5.06. The van der Waals surface area contributed by atoms with Gasteiger partial charge in [0.1, 0.15) is 0 Å². The van der Waals surface area contributed by atoms with E-state index in [-0.39, 0.29) is 11.4 Å². The van der Waals surface area contributed by atoms with Crippen molar-refractivity contribution in [1.29, 1.82) is 0 Å². The van der Waals surface area contributed by atoms with Gasteiger partial charge in [0.2, 0.25) is 5.91 Å². The highest BCUT2D eigenvalue weighted by atomic mass is 16.1. The van der Waals surface area contributed by atoms with Crippen LogP contribution in [0.15, 0.2) is 42.1 Å². The van der Waals surface area contributed by atoms with Crippen molar-refractivity contribution < 1.29 is 4.79 Å². The fourth-order valence-corrected chi connectivity index (χ4v) is 2.02. The molecule has 1 amide bonds. The SMILES string of the molecule is CC1(C)CC(NCc2ccccc2)=CC(=O)N1. The maximum Gasteiger partial charge on any atom is 0.246 e. The van der Waals surface area contributed by atoms with Crippen molar-refractivity contribution in [3.8, 4) is 0 Å². The lowest BCUT2D eigenvalue weighted by Gasteiger charge is -2.31. The van der Waals surface area contributed by atoms with E-state index in [0.717, 1.165) is 18.7 Å². The molecule has 1 heterocycles. The van der Waals surface area contributed by atoms with E-state index in [4.69, 9.17) is 0 Å². The molecule has 0 atom stereocenters. The molecular weight excluding hydrogens is 212 g/mol. The molecule has 2 N–H and O–H groups in total. The van der Waals surface area contributed by atoms with E-state index in [9.17, 15) is 4.79 Å². The molecule has 1 aliphatic heterocycles. The zero-order chi connectivity index (χ0) is 12.3. The second-order valence-corrected chi connectivity index (χ2v) is 5.06. The van der Waals surface area contributed by atoms with Crippen LogP contribution in [0.3, 0.4) is 0 Å². The van der Waals surface area contributed by atoms with E-state index in [1.807, 2.05) is 32.0 Å². The standard InChI is InChI=1S/C14H18N2O/c1-14(2)9-12(8-13(17)16-14)15-10-11-6-4-3-5-7-11/h3-8,15H,9-10H2,1-2H3,(H,16,17). The van der Waals surface area contributed by atoms with Gasteiger partial charge in [-0.05, 0) is 19.4 Å². The lowest BCUT2D eigenvalue weighted by atomic mass is 9.94. The normalized spacial score (nSPS) is 18.2. The van der Waals surface area contributed by atoms with Gasteiger partial charge in [0.05, 0.1) is 0 Å². The van der Waals surface area contributed by atoms with E-state index in [0.29, 0.717) is 0 Å². The molecule has 0 fully saturated rings. The quantitative estimate of drug-likeness (QED) is 0.833. The summed E-state index contributed by atoms with van der Waals surface area (Å²) in [4.78, 5) is 11.5. The molecule has 0 bridgehead atoms. The highest BCUT2D eigenvalue weighted by molar-refractivity contribution is 5.89. The van der Waals surface area contributed by atoms with Gasteiger partial charge in [0, 0.05) is 30.3 Å². The first-order chi connectivity index (χ1) is 8.05. The van der Waals surface area contributed by atoms with E-state index in [1.54, 1.807) is 6.08 Å². The van der Waals surface area contributed by atoms with Gasteiger partial charge in [-0.15, -0.1) is 0 Å². The van der Waals surface area contributed by atoms with Gasteiger partial charge >= 0.3 is 0 Å². The third-order valence-corrected chi connectivity index (χ3v) is 2.76. The minimum atomic E-state index is -0.162. The van der Waals surface area contributed by atoms with Crippen LogP contribution in [0.25, 0.3) is 0 Å². The summed E-state index contributed by atoms with van der Waals surface area (Å²) in [6, 6.07) is 10.2. The Hall–Kier alpha value is -1.77. The average molecular weight is 230 g/mol. The van der Waals surface area contributed by atoms with E-state index >= 15 is 0 Å². The second kappa shape index (κ2) is 4.62. The molecule has 2 rings (SSSR count). The Bertz CT molecular complexity index is 435. The third kappa shape index (κ3) is 3.34. The number of benzene rings is 1. The molecule has 1 aromatic rings. The van der Waals surface area contributed by atoms with Gasteiger partial charge < -0.3 is 10.6 Å². The largest absolute Gasteiger partial charge is 0.384 e. The van der Waals surface area contributed by atoms with Crippen LogP contribution in [0.4, 0.5) is 0 Å². The summed E-state index contributed by atoms with van der Waals surface area (Å²) in [5.74, 6) is -0.0168. The number of hydrogen-bond acceptors (Lipinski definition) is 2. The maximum atomic E-state index is 11.5. The average Bonchev–Trinajstić information content (AvgIpc) is 2.25. The minimum absolute atomic E-state index is 0.0168. The Balaban J connectivity index is 1.98. The smallest absolute Gasteiger partial charge is 0.246 e. The molecule has 1 aliphatic rings. The van der Waals surface area contributed by atoms with Gasteiger partial charge in [-0.3, -0.25) is 4.79 Å². The van der Waals surface area contributed by atoms with Crippen molar-refractivity contribution in [1.82, 2.24) is 10.6 Å². The molecule has 3 nitrogen and oxygen atoms in total. The van der Waals surface area contributed by atoms with Gasteiger partial charge in [0.15, 0.2) is 0 Å². The topological polar surface area (TPSA) is 41.1 Å². The lowest BCUT2D eigenvalue weighted by molar-refractivity contribution is -0.118. The molecule has 17 heavy (non-hydrogen) atoms. The van der Waals surface area contributed by atoms with Gasteiger partial charge in [-0.2, -0.15) is 0 Å². The number of carbonyl (C=O) groups excluding carboxylic acids is 1.